The summed E-state index contributed by atoms with van der Waals surface area (Å²) in [6.07, 6.45) is -0.359. The summed E-state index contributed by atoms with van der Waals surface area (Å²) < 4.78 is 25.6. The monoisotopic (exact) mass is 619 g/mol. The fraction of sp³-hybridized carbons (Fsp3) is 0.385. The molecule has 0 saturated carbocycles. The van der Waals surface area contributed by atoms with Crippen LogP contribution in [0, 0.1) is 5.82 Å². The first-order valence-electron chi connectivity index (χ1n) is 11.9. The van der Waals surface area contributed by atoms with E-state index in [-0.39, 0.29) is 53.6 Å². The van der Waals surface area contributed by atoms with Crippen molar-refractivity contribution in [3.8, 4) is 5.75 Å². The van der Waals surface area contributed by atoms with Crippen molar-refractivity contribution >= 4 is 60.0 Å². The lowest BCUT2D eigenvalue weighted by Gasteiger charge is -2.44. The third-order valence-electron chi connectivity index (χ3n) is 6.09. The quantitative estimate of drug-likeness (QED) is 0.108. The zero-order valence-electron chi connectivity index (χ0n) is 22.1. The zero-order chi connectivity index (χ0) is 28.2. The maximum Gasteiger partial charge on any atom is 0.323 e. The van der Waals surface area contributed by atoms with E-state index in [9.17, 15) is 18.8 Å². The first kappa shape index (κ1) is 34.9. The van der Waals surface area contributed by atoms with Crippen LogP contribution in [-0.4, -0.2) is 47.9 Å². The molecule has 0 fully saturated rings. The van der Waals surface area contributed by atoms with E-state index < -0.39 is 41.5 Å². The Morgan fingerprint density at radius 2 is 1.80 bits per heavy atom. The summed E-state index contributed by atoms with van der Waals surface area (Å²) in [6.45, 7) is 5.10. The standard InChI is InChI=1S/C26H31ClFN5O5.2ClH/c1-13(34)14-7-9-20-16(11-14)21(33-23(35)15-6-8-18(28)17(27)12-15)22(26(2,3)38-20)37-24(36)19(29)5-4-10-32-25(30)31;;/h6-9,11-12,19,21-22H,4-5,10,29H2,1-3H3,(H,33,35)(H4,30,31,32);2*1H/t19-,21-,22-;;/m0../s1. The molecule has 14 heteroatoms. The van der Waals surface area contributed by atoms with E-state index in [1.165, 1.54) is 19.1 Å². The van der Waals surface area contributed by atoms with Gasteiger partial charge < -0.3 is 32.0 Å². The van der Waals surface area contributed by atoms with E-state index in [4.69, 9.17) is 38.3 Å². The van der Waals surface area contributed by atoms with E-state index in [0.717, 1.165) is 6.07 Å². The predicted octanol–water partition coefficient (Wildman–Crippen LogP) is 3.46. The molecule has 3 rings (SSSR count). The Morgan fingerprint density at radius 1 is 1.15 bits per heavy atom. The third-order valence-corrected chi connectivity index (χ3v) is 6.38. The average Bonchev–Trinajstić information content (AvgIpc) is 2.84. The number of carbonyl (C=O) groups excluding carboxylic acids is 3. The summed E-state index contributed by atoms with van der Waals surface area (Å²) in [5.41, 5.74) is 16.5. The molecular weight excluding hydrogens is 588 g/mol. The Labute approximate surface area is 249 Å². The molecule has 10 nitrogen and oxygen atoms in total. The summed E-state index contributed by atoms with van der Waals surface area (Å²) in [4.78, 5) is 42.1. The van der Waals surface area contributed by atoms with Crippen molar-refractivity contribution in [2.75, 3.05) is 6.54 Å². The van der Waals surface area contributed by atoms with Gasteiger partial charge in [-0.05, 0) is 70.0 Å². The molecule has 40 heavy (non-hydrogen) atoms. The molecule has 2 aromatic rings. The van der Waals surface area contributed by atoms with E-state index in [0.29, 0.717) is 29.8 Å². The zero-order valence-corrected chi connectivity index (χ0v) is 24.5. The van der Waals surface area contributed by atoms with Gasteiger partial charge in [0.1, 0.15) is 23.2 Å². The Morgan fingerprint density at radius 3 is 2.40 bits per heavy atom. The first-order chi connectivity index (χ1) is 17.8. The molecule has 0 unspecified atom stereocenters. The van der Waals surface area contributed by atoms with Crippen LogP contribution in [0.1, 0.15) is 65.9 Å². The smallest absolute Gasteiger partial charge is 0.323 e. The lowest BCUT2D eigenvalue weighted by molar-refractivity contribution is -0.167. The van der Waals surface area contributed by atoms with Gasteiger partial charge in [-0.3, -0.25) is 19.4 Å². The molecule has 1 amide bonds. The van der Waals surface area contributed by atoms with Crippen molar-refractivity contribution in [3.05, 3.63) is 63.9 Å². The fourth-order valence-electron chi connectivity index (χ4n) is 4.08. The van der Waals surface area contributed by atoms with E-state index in [1.807, 2.05) is 0 Å². The Kier molecular flexibility index (Phi) is 12.6. The van der Waals surface area contributed by atoms with Gasteiger partial charge in [-0.15, -0.1) is 24.8 Å². The van der Waals surface area contributed by atoms with Gasteiger partial charge in [0, 0.05) is 23.2 Å². The number of nitrogens with one attached hydrogen (secondary N) is 1. The highest BCUT2D eigenvalue weighted by Gasteiger charge is 2.48. The summed E-state index contributed by atoms with van der Waals surface area (Å²) in [5.74, 6) is -1.86. The largest absolute Gasteiger partial charge is 0.484 e. The molecule has 0 radical (unpaired) electrons. The molecule has 1 aliphatic rings. The normalized spacial score (nSPS) is 17.4. The van der Waals surface area contributed by atoms with Crippen LogP contribution in [0.3, 0.4) is 0 Å². The number of aliphatic imine (C=N–C) groups is 1. The van der Waals surface area contributed by atoms with E-state index in [1.54, 1.807) is 32.0 Å². The van der Waals surface area contributed by atoms with Crippen LogP contribution in [-0.2, 0) is 9.53 Å². The molecular formula is C26H33Cl3FN5O5. The highest BCUT2D eigenvalue weighted by atomic mass is 35.5. The Bertz CT molecular complexity index is 1270. The number of ether oxygens (including phenoxy) is 2. The van der Waals surface area contributed by atoms with Crippen LogP contribution >= 0.6 is 36.4 Å². The van der Waals surface area contributed by atoms with Crippen LogP contribution in [0.25, 0.3) is 0 Å². The lowest BCUT2D eigenvalue weighted by atomic mass is 9.85. The molecule has 2 aromatic carbocycles. The van der Waals surface area contributed by atoms with Crippen molar-refractivity contribution < 1.29 is 28.2 Å². The number of nitrogens with two attached hydrogens (primary N) is 3. The lowest BCUT2D eigenvalue weighted by Crippen LogP contribution is -2.56. The highest BCUT2D eigenvalue weighted by molar-refractivity contribution is 6.31. The summed E-state index contributed by atoms with van der Waals surface area (Å²) >= 11 is 5.87. The van der Waals surface area contributed by atoms with Crippen molar-refractivity contribution in [2.45, 2.75) is 57.4 Å². The number of Topliss-reactive ketones (excluding diaryl/α,β-unsaturated/α-hetero) is 1. The second-order valence-corrected chi connectivity index (χ2v) is 9.91. The van der Waals surface area contributed by atoms with E-state index in [2.05, 4.69) is 10.3 Å². The van der Waals surface area contributed by atoms with Crippen LogP contribution in [0.2, 0.25) is 5.02 Å². The van der Waals surface area contributed by atoms with Crippen molar-refractivity contribution in [2.24, 2.45) is 22.2 Å². The van der Waals surface area contributed by atoms with Gasteiger partial charge in [0.2, 0.25) is 0 Å². The number of guanidine groups is 1. The number of hydrogen-bond acceptors (Lipinski definition) is 7. The molecule has 1 aliphatic heterocycles. The van der Waals surface area contributed by atoms with Crippen LogP contribution in [0.15, 0.2) is 41.4 Å². The number of carbonyl (C=O) groups is 3. The van der Waals surface area contributed by atoms with Gasteiger partial charge in [-0.2, -0.15) is 0 Å². The number of esters is 1. The maximum atomic E-state index is 13.7. The van der Waals surface area contributed by atoms with Gasteiger partial charge in [-0.1, -0.05) is 11.6 Å². The highest BCUT2D eigenvalue weighted by Crippen LogP contribution is 2.42. The molecule has 3 atom stereocenters. The topological polar surface area (TPSA) is 172 Å². The summed E-state index contributed by atoms with van der Waals surface area (Å²) in [6, 6.07) is 6.42. The molecule has 0 bridgehead atoms. The molecule has 0 saturated heterocycles. The number of hydrogen-bond donors (Lipinski definition) is 4. The van der Waals surface area contributed by atoms with Crippen molar-refractivity contribution in [1.29, 1.82) is 0 Å². The second kappa shape index (κ2) is 14.5. The van der Waals surface area contributed by atoms with Crippen molar-refractivity contribution in [3.63, 3.8) is 0 Å². The van der Waals surface area contributed by atoms with Gasteiger partial charge in [0.05, 0.1) is 11.1 Å². The van der Waals surface area contributed by atoms with E-state index >= 15 is 0 Å². The van der Waals surface area contributed by atoms with Crippen LogP contribution in [0.5, 0.6) is 5.75 Å². The molecule has 7 N–H and O–H groups in total. The van der Waals surface area contributed by atoms with Crippen LogP contribution in [0.4, 0.5) is 4.39 Å². The van der Waals surface area contributed by atoms with Gasteiger partial charge >= 0.3 is 5.97 Å². The van der Waals surface area contributed by atoms with Gasteiger partial charge in [0.25, 0.3) is 5.91 Å². The number of fused-ring (bicyclic) bond motifs is 1. The number of ketones is 1. The second-order valence-electron chi connectivity index (χ2n) is 9.51. The van der Waals surface area contributed by atoms with Crippen molar-refractivity contribution in [1.82, 2.24) is 5.32 Å². The SMILES string of the molecule is CC(=O)c1ccc2c(c1)[C@H](NC(=O)c1ccc(F)c(Cl)c1)[C@H](OC(=O)[C@@H](N)CCCN=C(N)N)C(C)(C)O2.Cl.Cl. The minimum absolute atomic E-state index is 0. The maximum absolute atomic E-state index is 13.7. The number of halogens is 4. The minimum atomic E-state index is -1.11. The van der Waals surface area contributed by atoms with Crippen LogP contribution < -0.4 is 27.3 Å². The third kappa shape index (κ3) is 8.44. The summed E-state index contributed by atoms with van der Waals surface area (Å²) in [7, 11) is 0. The minimum Gasteiger partial charge on any atom is -0.484 e. The molecule has 1 heterocycles. The fourth-order valence-corrected chi connectivity index (χ4v) is 4.26. The Balaban J connectivity index is 0.00000400. The first-order valence-corrected chi connectivity index (χ1v) is 12.3. The number of nitrogens with zero attached hydrogens (tertiary/aromatic N) is 1. The molecule has 0 spiro atoms. The Hall–Kier alpha value is -3.12. The van der Waals surface area contributed by atoms with Gasteiger partial charge in [-0.25, -0.2) is 4.39 Å². The summed E-state index contributed by atoms with van der Waals surface area (Å²) in [5, 5.41) is 2.62. The van der Waals surface area contributed by atoms with Gasteiger partial charge in [0.15, 0.2) is 17.8 Å². The number of amides is 1. The number of rotatable bonds is 9. The number of benzene rings is 2. The molecule has 0 aromatic heterocycles. The molecule has 0 aliphatic carbocycles. The molecule has 220 valence electrons. The predicted molar refractivity (Wildman–Crippen MR) is 155 cm³/mol. The average molecular weight is 621 g/mol.